The van der Waals surface area contributed by atoms with Gasteiger partial charge in [0.05, 0.1) is 9.79 Å². The molecule has 7 nitrogen and oxygen atoms in total. The van der Waals surface area contributed by atoms with Crippen LogP contribution in [0.3, 0.4) is 0 Å². The molecule has 1 aliphatic heterocycles. The number of nitrogens with one attached hydrogen (secondary N) is 2. The summed E-state index contributed by atoms with van der Waals surface area (Å²) in [6, 6.07) is 5.37. The van der Waals surface area contributed by atoms with E-state index >= 15 is 0 Å². The molecule has 2 fully saturated rings. The molecule has 0 amide bonds. The molecule has 3 rings (SSSR count). The fourth-order valence-electron chi connectivity index (χ4n) is 2.78. The molecule has 2 unspecified atom stereocenters. The van der Waals surface area contributed by atoms with Gasteiger partial charge in [-0.25, -0.2) is 21.6 Å². The lowest BCUT2D eigenvalue weighted by Crippen LogP contribution is -2.57. The number of rotatable bonds is 5. The fourth-order valence-corrected chi connectivity index (χ4v) is 5.79. The Morgan fingerprint density at radius 1 is 1.04 bits per heavy atom. The van der Waals surface area contributed by atoms with E-state index in [2.05, 4.69) is 10.0 Å². The molecule has 1 aromatic rings. The van der Waals surface area contributed by atoms with Crippen LogP contribution in [0.4, 0.5) is 0 Å². The third-order valence-corrected chi connectivity index (χ3v) is 8.15. The molecule has 1 heterocycles. The van der Waals surface area contributed by atoms with Crippen molar-refractivity contribution in [1.82, 2.24) is 14.3 Å². The lowest BCUT2D eigenvalue weighted by atomic mass is 10.1. The highest BCUT2D eigenvalue weighted by atomic mass is 35.5. The summed E-state index contributed by atoms with van der Waals surface area (Å²) in [5, 5.41) is 3.24. The number of hydrogen-bond acceptors (Lipinski definition) is 5. The molecule has 0 aromatic heterocycles. The second-order valence-electron chi connectivity index (χ2n) is 6.47. The minimum absolute atomic E-state index is 0. The van der Waals surface area contributed by atoms with Crippen LogP contribution >= 0.6 is 12.4 Å². The molecule has 10 heteroatoms. The molecule has 0 bridgehead atoms. The first kappa shape index (κ1) is 20.6. The van der Waals surface area contributed by atoms with Gasteiger partial charge in [-0.2, -0.15) is 4.31 Å². The van der Waals surface area contributed by atoms with Crippen molar-refractivity contribution in [3.63, 3.8) is 0 Å². The Morgan fingerprint density at radius 2 is 1.60 bits per heavy atom. The van der Waals surface area contributed by atoms with Gasteiger partial charge in [0.1, 0.15) is 0 Å². The van der Waals surface area contributed by atoms with E-state index in [1.54, 1.807) is 0 Å². The van der Waals surface area contributed by atoms with Crippen LogP contribution < -0.4 is 10.0 Å². The standard InChI is InChI=1S/C15H23N3O4S2.ClH/c1-11-12(2)18(10-9-16-11)24(21,22)15-7-5-14(6-8-15)23(19,20)17-13-3-4-13;/h5-8,11-13,16-17H,3-4,9-10H2,1-2H3;1H. The first-order chi connectivity index (χ1) is 11.2. The van der Waals surface area contributed by atoms with E-state index in [-0.39, 0.29) is 40.3 Å². The maximum Gasteiger partial charge on any atom is 0.243 e. The van der Waals surface area contributed by atoms with Crippen LogP contribution in [0.2, 0.25) is 0 Å². The van der Waals surface area contributed by atoms with Crippen molar-refractivity contribution < 1.29 is 16.8 Å². The molecule has 25 heavy (non-hydrogen) atoms. The Hall–Kier alpha value is -0.710. The smallest absolute Gasteiger partial charge is 0.243 e. The summed E-state index contributed by atoms with van der Waals surface area (Å²) in [6.45, 7) is 4.82. The highest BCUT2D eigenvalue weighted by molar-refractivity contribution is 7.89. The molecule has 2 aliphatic rings. The van der Waals surface area contributed by atoms with Gasteiger partial charge in [0, 0.05) is 31.2 Å². The zero-order chi connectivity index (χ0) is 17.5. The molecule has 2 N–H and O–H groups in total. The van der Waals surface area contributed by atoms with E-state index in [9.17, 15) is 16.8 Å². The van der Waals surface area contributed by atoms with Gasteiger partial charge in [0.15, 0.2) is 0 Å². The molecular formula is C15H24ClN3O4S2. The normalized spacial score (nSPS) is 25.4. The Bertz CT molecular complexity index is 808. The summed E-state index contributed by atoms with van der Waals surface area (Å²) >= 11 is 0. The molecule has 0 spiro atoms. The van der Waals surface area contributed by atoms with Crippen molar-refractivity contribution in [3.05, 3.63) is 24.3 Å². The number of sulfonamides is 2. The van der Waals surface area contributed by atoms with Gasteiger partial charge in [-0.3, -0.25) is 0 Å². The Morgan fingerprint density at radius 3 is 2.16 bits per heavy atom. The van der Waals surface area contributed by atoms with Gasteiger partial charge in [-0.05, 0) is 51.0 Å². The number of halogens is 1. The van der Waals surface area contributed by atoms with Crippen molar-refractivity contribution in [3.8, 4) is 0 Å². The lowest BCUT2D eigenvalue weighted by molar-refractivity contribution is 0.233. The van der Waals surface area contributed by atoms with Crippen LogP contribution in [-0.4, -0.2) is 52.4 Å². The number of nitrogens with zero attached hydrogens (tertiary/aromatic N) is 1. The summed E-state index contributed by atoms with van der Waals surface area (Å²) in [5.74, 6) is 0. The second kappa shape index (κ2) is 7.50. The van der Waals surface area contributed by atoms with E-state index in [4.69, 9.17) is 0 Å². The third-order valence-electron chi connectivity index (χ3n) is 4.62. The van der Waals surface area contributed by atoms with Gasteiger partial charge >= 0.3 is 0 Å². The van der Waals surface area contributed by atoms with Crippen molar-refractivity contribution in [2.24, 2.45) is 0 Å². The third kappa shape index (κ3) is 4.35. The summed E-state index contributed by atoms with van der Waals surface area (Å²) in [7, 11) is -7.21. The zero-order valence-electron chi connectivity index (χ0n) is 14.2. The molecule has 2 atom stereocenters. The highest BCUT2D eigenvalue weighted by Crippen LogP contribution is 2.25. The van der Waals surface area contributed by atoms with Crippen LogP contribution in [0.5, 0.6) is 0 Å². The molecule has 142 valence electrons. The average Bonchev–Trinajstić information content (AvgIpc) is 3.33. The lowest BCUT2D eigenvalue weighted by Gasteiger charge is -2.37. The van der Waals surface area contributed by atoms with Gasteiger partial charge < -0.3 is 5.32 Å². The summed E-state index contributed by atoms with van der Waals surface area (Å²) < 4.78 is 54.0. The van der Waals surface area contributed by atoms with Crippen LogP contribution in [0.15, 0.2) is 34.1 Å². The van der Waals surface area contributed by atoms with E-state index < -0.39 is 20.0 Å². The summed E-state index contributed by atoms with van der Waals surface area (Å²) in [6.07, 6.45) is 1.70. The number of benzene rings is 1. The molecule has 1 aliphatic carbocycles. The Kier molecular flexibility index (Phi) is 6.18. The second-order valence-corrected chi connectivity index (χ2v) is 10.1. The summed E-state index contributed by atoms with van der Waals surface area (Å²) in [5.41, 5.74) is 0. The summed E-state index contributed by atoms with van der Waals surface area (Å²) in [4.78, 5) is 0.212. The zero-order valence-corrected chi connectivity index (χ0v) is 16.6. The van der Waals surface area contributed by atoms with Gasteiger partial charge in [-0.1, -0.05) is 0 Å². The van der Waals surface area contributed by atoms with E-state index in [0.29, 0.717) is 13.1 Å². The maximum absolute atomic E-state index is 12.8. The Balaban J connectivity index is 0.00000225. The highest BCUT2D eigenvalue weighted by Gasteiger charge is 2.34. The molecule has 1 aromatic carbocycles. The van der Waals surface area contributed by atoms with E-state index in [0.717, 1.165) is 12.8 Å². The van der Waals surface area contributed by atoms with E-state index in [1.807, 2.05) is 13.8 Å². The molecule has 1 saturated carbocycles. The van der Waals surface area contributed by atoms with Crippen molar-refractivity contribution in [1.29, 1.82) is 0 Å². The topological polar surface area (TPSA) is 95.6 Å². The SMILES string of the molecule is CC1NCCN(S(=O)(=O)c2ccc(S(=O)(=O)NC3CC3)cc2)C1C.Cl. The van der Waals surface area contributed by atoms with Crippen LogP contribution in [-0.2, 0) is 20.0 Å². The predicted octanol–water partition coefficient (Wildman–Crippen LogP) is 0.920. The van der Waals surface area contributed by atoms with Crippen LogP contribution in [0, 0.1) is 0 Å². The van der Waals surface area contributed by atoms with Crippen molar-refractivity contribution in [2.45, 2.75) is 54.6 Å². The predicted molar refractivity (Wildman–Crippen MR) is 97.9 cm³/mol. The minimum atomic E-state index is -3.64. The quantitative estimate of drug-likeness (QED) is 0.753. The maximum atomic E-state index is 12.8. The first-order valence-electron chi connectivity index (χ1n) is 8.09. The van der Waals surface area contributed by atoms with Gasteiger partial charge in [0.2, 0.25) is 20.0 Å². The van der Waals surface area contributed by atoms with Crippen molar-refractivity contribution in [2.75, 3.05) is 13.1 Å². The number of hydrogen-bond donors (Lipinski definition) is 2. The van der Waals surface area contributed by atoms with Gasteiger partial charge in [0.25, 0.3) is 0 Å². The Labute approximate surface area is 155 Å². The van der Waals surface area contributed by atoms with Crippen LogP contribution in [0.25, 0.3) is 0 Å². The molecule has 1 saturated heterocycles. The van der Waals surface area contributed by atoms with E-state index in [1.165, 1.54) is 28.6 Å². The molecule has 0 radical (unpaired) electrons. The first-order valence-corrected chi connectivity index (χ1v) is 11.0. The van der Waals surface area contributed by atoms with Crippen molar-refractivity contribution >= 4 is 32.5 Å². The monoisotopic (exact) mass is 409 g/mol. The fraction of sp³-hybridized carbons (Fsp3) is 0.600. The number of piperazine rings is 1. The largest absolute Gasteiger partial charge is 0.311 e. The minimum Gasteiger partial charge on any atom is -0.311 e. The van der Waals surface area contributed by atoms with Gasteiger partial charge in [-0.15, -0.1) is 12.4 Å². The average molecular weight is 410 g/mol. The molecular weight excluding hydrogens is 386 g/mol. The van der Waals surface area contributed by atoms with Crippen LogP contribution in [0.1, 0.15) is 26.7 Å².